The highest BCUT2D eigenvalue weighted by Crippen LogP contribution is 2.37. The molecule has 0 fully saturated rings. The van der Waals surface area contributed by atoms with Crippen molar-refractivity contribution in [2.45, 2.75) is 0 Å². The predicted molar refractivity (Wildman–Crippen MR) is 104 cm³/mol. The molecule has 1 N–H and O–H groups in total. The third-order valence-electron chi connectivity index (χ3n) is 3.74. The van der Waals surface area contributed by atoms with E-state index in [1.54, 1.807) is 30.3 Å². The van der Waals surface area contributed by atoms with Gasteiger partial charge in [0, 0.05) is 21.2 Å². The SMILES string of the molecule is COc1cc(OC)nc(Oc2cccc(-c3cc(Cl)ccc3Cl)c2C(=O)O)n1. The molecule has 0 atom stereocenters. The summed E-state index contributed by atoms with van der Waals surface area (Å²) in [6.45, 7) is 0. The molecule has 28 heavy (non-hydrogen) atoms. The lowest BCUT2D eigenvalue weighted by Gasteiger charge is -2.14. The number of aromatic nitrogens is 2. The normalized spacial score (nSPS) is 10.4. The fourth-order valence-corrected chi connectivity index (χ4v) is 2.89. The zero-order valence-electron chi connectivity index (χ0n) is 14.8. The maximum atomic E-state index is 12.0. The van der Waals surface area contributed by atoms with Gasteiger partial charge < -0.3 is 19.3 Å². The lowest BCUT2D eigenvalue weighted by Crippen LogP contribution is -2.05. The molecule has 2 aromatic carbocycles. The summed E-state index contributed by atoms with van der Waals surface area (Å²) >= 11 is 12.3. The number of methoxy groups -OCH3 is 2. The van der Waals surface area contributed by atoms with Crippen LogP contribution in [0.3, 0.4) is 0 Å². The number of carbonyl (C=O) groups is 1. The predicted octanol–water partition coefficient (Wildman–Crippen LogP) is 4.96. The van der Waals surface area contributed by atoms with E-state index in [0.717, 1.165) is 0 Å². The Morgan fingerprint density at radius 3 is 2.25 bits per heavy atom. The zero-order chi connectivity index (χ0) is 20.3. The molecule has 0 amide bonds. The Balaban J connectivity index is 2.13. The quantitative estimate of drug-likeness (QED) is 0.602. The number of carboxylic acids is 1. The summed E-state index contributed by atoms with van der Waals surface area (Å²) in [4.78, 5) is 20.1. The molecule has 0 saturated carbocycles. The van der Waals surface area contributed by atoms with E-state index >= 15 is 0 Å². The van der Waals surface area contributed by atoms with Gasteiger partial charge in [0.2, 0.25) is 11.8 Å². The van der Waals surface area contributed by atoms with Crippen LogP contribution in [-0.2, 0) is 0 Å². The standard InChI is InChI=1S/C19H14Cl2N2O5/c1-26-15-9-16(27-2)23-19(22-15)28-14-5-3-4-11(17(14)18(24)25)12-8-10(20)6-7-13(12)21/h3-9H,1-2H3,(H,24,25). The van der Waals surface area contributed by atoms with E-state index < -0.39 is 5.97 Å². The van der Waals surface area contributed by atoms with Gasteiger partial charge in [-0.05, 0) is 24.3 Å². The molecule has 9 heteroatoms. The molecular weight excluding hydrogens is 407 g/mol. The van der Waals surface area contributed by atoms with Crippen LogP contribution in [0, 0.1) is 0 Å². The second-order valence-electron chi connectivity index (χ2n) is 5.45. The Morgan fingerprint density at radius 1 is 0.964 bits per heavy atom. The highest BCUT2D eigenvalue weighted by Gasteiger charge is 2.21. The lowest BCUT2D eigenvalue weighted by molar-refractivity contribution is 0.0695. The molecule has 7 nitrogen and oxygen atoms in total. The van der Waals surface area contributed by atoms with Gasteiger partial charge in [0.25, 0.3) is 0 Å². The van der Waals surface area contributed by atoms with Crippen LogP contribution in [0.1, 0.15) is 10.4 Å². The van der Waals surface area contributed by atoms with Crippen LogP contribution < -0.4 is 14.2 Å². The Hall–Kier alpha value is -3.03. The topological polar surface area (TPSA) is 90.8 Å². The van der Waals surface area contributed by atoms with Crippen molar-refractivity contribution >= 4 is 29.2 Å². The maximum Gasteiger partial charge on any atom is 0.340 e. The molecule has 0 radical (unpaired) electrons. The van der Waals surface area contributed by atoms with Crippen molar-refractivity contribution < 1.29 is 24.1 Å². The van der Waals surface area contributed by atoms with Gasteiger partial charge in [-0.25, -0.2) is 4.79 Å². The minimum atomic E-state index is -1.21. The number of halogens is 2. The van der Waals surface area contributed by atoms with E-state index in [1.807, 2.05) is 0 Å². The highest BCUT2D eigenvalue weighted by molar-refractivity contribution is 6.35. The first-order valence-corrected chi connectivity index (χ1v) is 8.65. The van der Waals surface area contributed by atoms with E-state index in [-0.39, 0.29) is 29.1 Å². The molecule has 0 aliphatic carbocycles. The van der Waals surface area contributed by atoms with Crippen molar-refractivity contribution in [3.8, 4) is 34.6 Å². The number of nitrogens with zero attached hydrogens (tertiary/aromatic N) is 2. The third kappa shape index (κ3) is 4.11. The molecule has 0 bridgehead atoms. The van der Waals surface area contributed by atoms with Gasteiger partial charge in [-0.15, -0.1) is 0 Å². The minimum absolute atomic E-state index is 0.0244. The molecule has 0 aliphatic heterocycles. The van der Waals surface area contributed by atoms with Gasteiger partial charge >= 0.3 is 12.0 Å². The van der Waals surface area contributed by atoms with Crippen molar-refractivity contribution in [3.63, 3.8) is 0 Å². The van der Waals surface area contributed by atoms with E-state index in [2.05, 4.69) is 9.97 Å². The van der Waals surface area contributed by atoms with Crippen molar-refractivity contribution in [1.82, 2.24) is 9.97 Å². The summed E-state index contributed by atoms with van der Waals surface area (Å²) in [7, 11) is 2.85. The summed E-state index contributed by atoms with van der Waals surface area (Å²) in [6, 6.07) is 10.9. The Bertz CT molecular complexity index is 1020. The second-order valence-corrected chi connectivity index (χ2v) is 6.29. The number of hydrogen-bond acceptors (Lipinski definition) is 6. The summed E-state index contributed by atoms with van der Waals surface area (Å²) in [5.74, 6) is -0.784. The number of aromatic carboxylic acids is 1. The fraction of sp³-hybridized carbons (Fsp3) is 0.105. The van der Waals surface area contributed by atoms with Gasteiger partial charge in [-0.2, -0.15) is 9.97 Å². The fourth-order valence-electron chi connectivity index (χ4n) is 2.50. The van der Waals surface area contributed by atoms with Gasteiger partial charge in [0.15, 0.2) is 0 Å². The van der Waals surface area contributed by atoms with Crippen molar-refractivity contribution in [2.24, 2.45) is 0 Å². The van der Waals surface area contributed by atoms with Crippen molar-refractivity contribution in [1.29, 1.82) is 0 Å². The smallest absolute Gasteiger partial charge is 0.340 e. The molecule has 3 aromatic rings. The van der Waals surface area contributed by atoms with E-state index in [1.165, 1.54) is 26.4 Å². The minimum Gasteiger partial charge on any atom is -0.481 e. The van der Waals surface area contributed by atoms with Crippen molar-refractivity contribution in [3.05, 3.63) is 58.1 Å². The molecule has 0 spiro atoms. The molecule has 1 heterocycles. The second kappa shape index (κ2) is 8.33. The largest absolute Gasteiger partial charge is 0.481 e. The molecular formula is C19H14Cl2N2O5. The molecule has 144 valence electrons. The van der Waals surface area contributed by atoms with Gasteiger partial charge in [-0.1, -0.05) is 35.3 Å². The van der Waals surface area contributed by atoms with Gasteiger partial charge in [0.05, 0.1) is 20.3 Å². The summed E-state index contributed by atoms with van der Waals surface area (Å²) < 4.78 is 15.8. The first kappa shape index (κ1) is 19.7. The third-order valence-corrected chi connectivity index (χ3v) is 4.30. The van der Waals surface area contributed by atoms with Crippen LogP contribution in [0.25, 0.3) is 11.1 Å². The average Bonchev–Trinajstić information content (AvgIpc) is 2.69. The van der Waals surface area contributed by atoms with Crippen LogP contribution in [0.15, 0.2) is 42.5 Å². The van der Waals surface area contributed by atoms with Crippen LogP contribution in [0.5, 0.6) is 23.5 Å². The highest BCUT2D eigenvalue weighted by atomic mass is 35.5. The number of ether oxygens (including phenoxy) is 3. The number of rotatable bonds is 6. The molecule has 0 unspecified atom stereocenters. The van der Waals surface area contributed by atoms with E-state index in [9.17, 15) is 9.90 Å². The summed E-state index contributed by atoms with van der Waals surface area (Å²) in [6.07, 6.45) is 0. The van der Waals surface area contributed by atoms with Gasteiger partial charge in [0.1, 0.15) is 11.3 Å². The Labute approximate surface area is 170 Å². The first-order chi connectivity index (χ1) is 13.4. The number of carboxylic acid groups (broad SMARTS) is 1. The Morgan fingerprint density at radius 2 is 1.64 bits per heavy atom. The number of hydrogen-bond donors (Lipinski definition) is 1. The average molecular weight is 421 g/mol. The van der Waals surface area contributed by atoms with Crippen LogP contribution >= 0.6 is 23.2 Å². The first-order valence-electron chi connectivity index (χ1n) is 7.89. The molecule has 0 saturated heterocycles. The summed E-state index contributed by atoms with van der Waals surface area (Å²) in [5, 5.41) is 10.6. The van der Waals surface area contributed by atoms with E-state index in [4.69, 9.17) is 37.4 Å². The lowest BCUT2D eigenvalue weighted by atomic mass is 9.99. The van der Waals surface area contributed by atoms with Crippen LogP contribution in [0.4, 0.5) is 0 Å². The monoisotopic (exact) mass is 420 g/mol. The van der Waals surface area contributed by atoms with E-state index in [0.29, 0.717) is 21.2 Å². The molecule has 3 rings (SSSR count). The molecule has 1 aromatic heterocycles. The van der Waals surface area contributed by atoms with Gasteiger partial charge in [-0.3, -0.25) is 0 Å². The Kier molecular flexibility index (Phi) is 5.87. The maximum absolute atomic E-state index is 12.0. The van der Waals surface area contributed by atoms with Crippen molar-refractivity contribution in [2.75, 3.05) is 14.2 Å². The van der Waals surface area contributed by atoms with Crippen LogP contribution in [0.2, 0.25) is 10.0 Å². The molecule has 0 aliphatic rings. The van der Waals surface area contributed by atoms with Crippen LogP contribution in [-0.4, -0.2) is 35.3 Å². The summed E-state index contributed by atoms with van der Waals surface area (Å²) in [5.41, 5.74) is 0.686. The number of benzene rings is 2. The zero-order valence-corrected chi connectivity index (χ0v) is 16.3.